The van der Waals surface area contributed by atoms with Gasteiger partial charge in [-0.3, -0.25) is 4.90 Å². The highest BCUT2D eigenvalue weighted by atomic mass is 16.6. The van der Waals surface area contributed by atoms with Crippen LogP contribution in [0.25, 0.3) is 0 Å². The summed E-state index contributed by atoms with van der Waals surface area (Å²) in [5, 5.41) is 0. The first-order valence-corrected chi connectivity index (χ1v) is 9.99. The molecule has 4 aliphatic heterocycles. The summed E-state index contributed by atoms with van der Waals surface area (Å²) < 4.78 is 11.3. The third-order valence-corrected chi connectivity index (χ3v) is 7.29. The number of ether oxygens (including phenoxy) is 2. The van der Waals surface area contributed by atoms with Gasteiger partial charge in [-0.1, -0.05) is 19.1 Å². The fraction of sp³-hybridized carbons (Fsp3) is 0.850. The van der Waals surface area contributed by atoms with E-state index in [1.165, 1.54) is 12.0 Å². The highest BCUT2D eigenvalue weighted by Gasteiger charge is 2.49. The molecule has 5 nitrogen and oxygen atoms in total. The van der Waals surface area contributed by atoms with Gasteiger partial charge in [-0.05, 0) is 50.4 Å². The number of piperidine rings is 1. The van der Waals surface area contributed by atoms with E-state index < -0.39 is 0 Å². The summed E-state index contributed by atoms with van der Waals surface area (Å²) in [6.45, 7) is 11.4. The molecule has 4 aliphatic rings. The Kier molecular flexibility index (Phi) is 4.57. The zero-order chi connectivity index (χ0) is 17.5. The number of hydrogen-bond donors (Lipinski definition) is 0. The monoisotopic (exact) mass is 348 g/mol. The molecule has 4 heterocycles. The third-order valence-electron chi connectivity index (χ3n) is 7.29. The minimum Gasteiger partial charge on any atom is -0.448 e. The van der Waals surface area contributed by atoms with E-state index in [1.54, 1.807) is 0 Å². The minimum absolute atomic E-state index is 0.124. The van der Waals surface area contributed by atoms with E-state index in [0.717, 1.165) is 71.4 Å². The Morgan fingerprint density at radius 2 is 2.12 bits per heavy atom. The first kappa shape index (κ1) is 17.3. The highest BCUT2D eigenvalue weighted by molar-refractivity contribution is 5.67. The molecule has 0 saturated carbocycles. The molecular formula is C20H32N2O3. The van der Waals surface area contributed by atoms with E-state index >= 15 is 0 Å². The summed E-state index contributed by atoms with van der Waals surface area (Å²) in [5.74, 6) is 0. The van der Waals surface area contributed by atoms with E-state index in [1.807, 2.05) is 4.90 Å². The maximum absolute atomic E-state index is 12.5. The van der Waals surface area contributed by atoms with Gasteiger partial charge in [0.25, 0.3) is 0 Å². The van der Waals surface area contributed by atoms with Crippen LogP contribution in [0, 0.1) is 5.41 Å². The first-order valence-electron chi connectivity index (χ1n) is 9.99. The van der Waals surface area contributed by atoms with Crippen molar-refractivity contribution in [2.75, 3.05) is 39.5 Å². The Bertz CT molecular complexity index is 533. The molecular weight excluding hydrogens is 316 g/mol. The molecule has 2 unspecified atom stereocenters. The summed E-state index contributed by atoms with van der Waals surface area (Å²) in [7, 11) is 0. The zero-order valence-electron chi connectivity index (χ0n) is 15.6. The lowest BCUT2D eigenvalue weighted by Gasteiger charge is -2.38. The van der Waals surface area contributed by atoms with Gasteiger partial charge in [0, 0.05) is 37.8 Å². The van der Waals surface area contributed by atoms with Crippen LogP contribution in [-0.4, -0.2) is 66.9 Å². The molecule has 0 N–H and O–H groups in total. The topological polar surface area (TPSA) is 42.0 Å². The molecule has 4 rings (SSSR count). The SMILES string of the molecule is C=C1CN2C(COC(=O)N3CCC4(CCOC4)CC3)CCC2(CC)C1. The number of carbonyl (C=O) groups excluding carboxylic acids is 1. The molecule has 4 fully saturated rings. The van der Waals surface area contributed by atoms with Crippen LogP contribution in [-0.2, 0) is 9.47 Å². The van der Waals surface area contributed by atoms with Crippen molar-refractivity contribution in [1.82, 2.24) is 9.80 Å². The van der Waals surface area contributed by atoms with Gasteiger partial charge in [0.2, 0.25) is 0 Å². The Balaban J connectivity index is 1.27. The van der Waals surface area contributed by atoms with Gasteiger partial charge in [-0.15, -0.1) is 0 Å². The van der Waals surface area contributed by atoms with Crippen LogP contribution in [0.4, 0.5) is 4.79 Å². The Morgan fingerprint density at radius 3 is 2.80 bits per heavy atom. The van der Waals surface area contributed by atoms with Gasteiger partial charge < -0.3 is 14.4 Å². The van der Waals surface area contributed by atoms with Gasteiger partial charge in [0.1, 0.15) is 6.61 Å². The number of nitrogens with zero attached hydrogens (tertiary/aromatic N) is 2. The van der Waals surface area contributed by atoms with E-state index in [-0.39, 0.29) is 11.6 Å². The lowest BCUT2D eigenvalue weighted by atomic mass is 9.78. The van der Waals surface area contributed by atoms with Crippen LogP contribution < -0.4 is 0 Å². The first-order chi connectivity index (χ1) is 12.1. The molecule has 1 spiro atoms. The second-order valence-corrected chi connectivity index (χ2v) is 8.69. The predicted octanol–water partition coefficient (Wildman–Crippen LogP) is 3.20. The van der Waals surface area contributed by atoms with E-state index in [9.17, 15) is 4.79 Å². The number of hydrogen-bond acceptors (Lipinski definition) is 4. The van der Waals surface area contributed by atoms with Crippen LogP contribution >= 0.6 is 0 Å². The van der Waals surface area contributed by atoms with E-state index in [2.05, 4.69) is 18.4 Å². The molecule has 1 amide bonds. The van der Waals surface area contributed by atoms with Crippen LogP contribution in [0.1, 0.15) is 51.9 Å². The number of likely N-dealkylation sites (tertiary alicyclic amines) is 1. The lowest BCUT2D eigenvalue weighted by Crippen LogP contribution is -2.46. The van der Waals surface area contributed by atoms with Gasteiger partial charge >= 0.3 is 6.09 Å². The van der Waals surface area contributed by atoms with Crippen molar-refractivity contribution in [2.45, 2.75) is 63.5 Å². The number of fused-ring (bicyclic) bond motifs is 1. The molecule has 140 valence electrons. The van der Waals surface area contributed by atoms with E-state index in [0.29, 0.717) is 18.1 Å². The maximum atomic E-state index is 12.5. The Labute approximate surface area is 151 Å². The molecule has 0 aliphatic carbocycles. The third kappa shape index (κ3) is 3.10. The van der Waals surface area contributed by atoms with Gasteiger partial charge in [-0.25, -0.2) is 4.79 Å². The molecule has 0 aromatic heterocycles. The summed E-state index contributed by atoms with van der Waals surface area (Å²) in [6, 6.07) is 0.363. The van der Waals surface area contributed by atoms with Crippen molar-refractivity contribution in [1.29, 1.82) is 0 Å². The maximum Gasteiger partial charge on any atom is 0.409 e. The molecule has 4 saturated heterocycles. The highest BCUT2D eigenvalue weighted by Crippen LogP contribution is 2.46. The molecule has 0 bridgehead atoms. The molecule has 2 atom stereocenters. The average molecular weight is 348 g/mol. The van der Waals surface area contributed by atoms with Crippen molar-refractivity contribution in [3.05, 3.63) is 12.2 Å². The van der Waals surface area contributed by atoms with Crippen LogP contribution in [0.5, 0.6) is 0 Å². The van der Waals surface area contributed by atoms with Crippen LogP contribution in [0.15, 0.2) is 12.2 Å². The molecule has 0 aromatic rings. The summed E-state index contributed by atoms with van der Waals surface area (Å²) in [6.07, 6.45) is 7.74. The van der Waals surface area contributed by atoms with Gasteiger partial charge in [0.15, 0.2) is 0 Å². The number of rotatable bonds is 3. The minimum atomic E-state index is -0.124. The molecule has 0 aromatic carbocycles. The van der Waals surface area contributed by atoms with Crippen LogP contribution in [0.2, 0.25) is 0 Å². The number of carbonyl (C=O) groups is 1. The summed E-state index contributed by atoms with van der Waals surface area (Å²) in [5.41, 5.74) is 1.95. The summed E-state index contributed by atoms with van der Waals surface area (Å²) in [4.78, 5) is 17.0. The second kappa shape index (κ2) is 6.58. The lowest BCUT2D eigenvalue weighted by molar-refractivity contribution is 0.0388. The summed E-state index contributed by atoms with van der Waals surface area (Å²) >= 11 is 0. The number of amides is 1. The standard InChI is InChI=1S/C20H32N2O3/c1-3-20-5-4-17(22(20)13-16(2)12-20)14-25-18(23)21-9-6-19(7-10-21)8-11-24-15-19/h17H,2-15H2,1H3. The van der Waals surface area contributed by atoms with Gasteiger partial charge in [-0.2, -0.15) is 0 Å². The smallest absolute Gasteiger partial charge is 0.409 e. The van der Waals surface area contributed by atoms with Crippen molar-refractivity contribution in [3.8, 4) is 0 Å². The fourth-order valence-electron chi connectivity index (χ4n) is 5.52. The Hall–Kier alpha value is -1.07. The quantitative estimate of drug-likeness (QED) is 0.735. The fourth-order valence-corrected chi connectivity index (χ4v) is 5.52. The zero-order valence-corrected chi connectivity index (χ0v) is 15.6. The van der Waals surface area contributed by atoms with Crippen molar-refractivity contribution < 1.29 is 14.3 Å². The van der Waals surface area contributed by atoms with Gasteiger partial charge in [0.05, 0.1) is 6.61 Å². The molecule has 5 heteroatoms. The molecule has 0 radical (unpaired) electrons. The Morgan fingerprint density at radius 1 is 1.32 bits per heavy atom. The van der Waals surface area contributed by atoms with E-state index in [4.69, 9.17) is 9.47 Å². The van der Waals surface area contributed by atoms with Crippen molar-refractivity contribution in [2.24, 2.45) is 5.41 Å². The second-order valence-electron chi connectivity index (χ2n) is 8.69. The molecule has 25 heavy (non-hydrogen) atoms. The van der Waals surface area contributed by atoms with Crippen molar-refractivity contribution in [3.63, 3.8) is 0 Å². The average Bonchev–Trinajstić information content (AvgIpc) is 3.28. The largest absolute Gasteiger partial charge is 0.448 e. The predicted molar refractivity (Wildman–Crippen MR) is 96.5 cm³/mol. The normalized spacial score (nSPS) is 34.7. The van der Waals surface area contributed by atoms with Crippen molar-refractivity contribution >= 4 is 6.09 Å². The van der Waals surface area contributed by atoms with Crippen LogP contribution in [0.3, 0.4) is 0 Å².